The van der Waals surface area contributed by atoms with E-state index in [1.54, 1.807) is 0 Å². The Morgan fingerprint density at radius 3 is 2.41 bits per heavy atom. The molecule has 0 atom stereocenters. The van der Waals surface area contributed by atoms with E-state index >= 15 is 0 Å². The van der Waals surface area contributed by atoms with Gasteiger partial charge in [-0.25, -0.2) is 9.69 Å². The van der Waals surface area contributed by atoms with Crippen molar-refractivity contribution < 1.29 is 19.2 Å². The minimum Gasteiger partial charge on any atom is -0.326 e. The Bertz CT molecular complexity index is 714. The molecule has 5 amide bonds. The minimum atomic E-state index is -0.954. The third kappa shape index (κ3) is 2.33. The molecule has 8 heteroatoms. The van der Waals surface area contributed by atoms with E-state index in [2.05, 4.69) is 5.32 Å². The molecule has 1 aromatic rings. The van der Waals surface area contributed by atoms with Crippen molar-refractivity contribution in [3.05, 3.63) is 23.2 Å². The molecule has 1 aliphatic heterocycles. The SMILES string of the molecule is CN1C(=O)C(=O)N(c2ccc(NC(=O)C3CC3)cc2Cl)C1=O. The van der Waals surface area contributed by atoms with Crippen molar-refractivity contribution in [1.29, 1.82) is 0 Å². The quantitative estimate of drug-likeness (QED) is 0.677. The number of hydrogen-bond donors (Lipinski definition) is 1. The van der Waals surface area contributed by atoms with Crippen molar-refractivity contribution in [2.75, 3.05) is 17.3 Å². The van der Waals surface area contributed by atoms with E-state index in [1.807, 2.05) is 0 Å². The number of amides is 5. The molecule has 0 aromatic heterocycles. The molecule has 7 nitrogen and oxygen atoms in total. The highest BCUT2D eigenvalue weighted by Crippen LogP contribution is 2.33. The van der Waals surface area contributed by atoms with Gasteiger partial charge in [0.05, 0.1) is 10.7 Å². The number of imide groups is 2. The Morgan fingerprint density at radius 1 is 1.23 bits per heavy atom. The first-order valence-electron chi connectivity index (χ1n) is 6.66. The maximum Gasteiger partial charge on any atom is 0.338 e. The van der Waals surface area contributed by atoms with Gasteiger partial charge in [0.1, 0.15) is 0 Å². The Morgan fingerprint density at radius 2 is 1.91 bits per heavy atom. The molecule has 2 aliphatic rings. The Hall–Kier alpha value is -2.41. The van der Waals surface area contributed by atoms with Gasteiger partial charge in [0, 0.05) is 18.7 Å². The summed E-state index contributed by atoms with van der Waals surface area (Å²) in [6.07, 6.45) is 1.76. The third-order valence-corrected chi connectivity index (χ3v) is 3.88. The number of anilines is 2. The van der Waals surface area contributed by atoms with E-state index < -0.39 is 17.8 Å². The largest absolute Gasteiger partial charge is 0.338 e. The molecule has 0 radical (unpaired) electrons. The molecule has 0 spiro atoms. The van der Waals surface area contributed by atoms with Gasteiger partial charge in [-0.2, -0.15) is 0 Å². The van der Waals surface area contributed by atoms with Crippen LogP contribution in [0.15, 0.2) is 18.2 Å². The normalized spacial score (nSPS) is 18.2. The molecule has 1 aliphatic carbocycles. The Labute approximate surface area is 130 Å². The smallest absolute Gasteiger partial charge is 0.326 e. The van der Waals surface area contributed by atoms with Crippen LogP contribution in [-0.4, -0.2) is 35.7 Å². The fourth-order valence-electron chi connectivity index (χ4n) is 2.13. The van der Waals surface area contributed by atoms with Gasteiger partial charge in [0.25, 0.3) is 0 Å². The van der Waals surface area contributed by atoms with Crippen molar-refractivity contribution in [3.8, 4) is 0 Å². The van der Waals surface area contributed by atoms with Crippen LogP contribution in [0, 0.1) is 5.92 Å². The lowest BCUT2D eigenvalue weighted by molar-refractivity contribution is -0.138. The molecule has 1 saturated heterocycles. The second kappa shape index (κ2) is 5.10. The Balaban J connectivity index is 1.86. The zero-order valence-electron chi connectivity index (χ0n) is 11.6. The predicted octanol–water partition coefficient (Wildman–Crippen LogP) is 1.61. The summed E-state index contributed by atoms with van der Waals surface area (Å²) in [6.45, 7) is 0. The van der Waals surface area contributed by atoms with E-state index in [9.17, 15) is 19.2 Å². The second-order valence-electron chi connectivity index (χ2n) is 5.22. The zero-order chi connectivity index (χ0) is 16.0. The number of hydrogen-bond acceptors (Lipinski definition) is 4. The first-order chi connectivity index (χ1) is 10.4. The number of nitrogens with one attached hydrogen (secondary N) is 1. The van der Waals surface area contributed by atoms with Gasteiger partial charge in [-0.1, -0.05) is 11.6 Å². The first kappa shape index (κ1) is 14.5. The van der Waals surface area contributed by atoms with Gasteiger partial charge < -0.3 is 5.32 Å². The van der Waals surface area contributed by atoms with Crippen LogP contribution >= 0.6 is 11.6 Å². The molecule has 114 valence electrons. The lowest BCUT2D eigenvalue weighted by Crippen LogP contribution is -2.31. The molecule has 1 aromatic carbocycles. The van der Waals surface area contributed by atoms with Crippen LogP contribution in [0.25, 0.3) is 0 Å². The van der Waals surface area contributed by atoms with E-state index in [4.69, 9.17) is 11.6 Å². The standard InChI is InChI=1S/C14H12ClN3O4/c1-17-12(20)13(21)18(14(17)22)10-5-4-8(6-9(10)15)16-11(19)7-2-3-7/h4-7H,2-3H2,1H3,(H,16,19). The van der Waals surface area contributed by atoms with Gasteiger partial charge in [-0.3, -0.25) is 19.3 Å². The summed E-state index contributed by atoms with van der Waals surface area (Å²) >= 11 is 6.09. The van der Waals surface area contributed by atoms with Crippen LogP contribution in [0.4, 0.5) is 16.2 Å². The summed E-state index contributed by atoms with van der Waals surface area (Å²) in [4.78, 5) is 48.4. The highest BCUT2D eigenvalue weighted by Gasteiger charge is 2.44. The average molecular weight is 322 g/mol. The van der Waals surface area contributed by atoms with Crippen molar-refractivity contribution in [2.45, 2.75) is 12.8 Å². The maximum absolute atomic E-state index is 11.9. The van der Waals surface area contributed by atoms with Gasteiger partial charge in [-0.05, 0) is 31.0 Å². The number of urea groups is 1. The third-order valence-electron chi connectivity index (χ3n) is 3.57. The summed E-state index contributed by atoms with van der Waals surface area (Å²) in [5, 5.41) is 2.81. The van der Waals surface area contributed by atoms with Gasteiger partial charge in [0.15, 0.2) is 0 Å². The highest BCUT2D eigenvalue weighted by atomic mass is 35.5. The van der Waals surface area contributed by atoms with Crippen molar-refractivity contribution in [3.63, 3.8) is 0 Å². The lowest BCUT2D eigenvalue weighted by Gasteiger charge is -2.15. The maximum atomic E-state index is 11.9. The fraction of sp³-hybridized carbons (Fsp3) is 0.286. The molecular weight excluding hydrogens is 310 g/mol. The highest BCUT2D eigenvalue weighted by molar-refractivity contribution is 6.53. The van der Waals surface area contributed by atoms with E-state index in [-0.39, 0.29) is 22.5 Å². The number of carbonyl (C=O) groups is 4. The van der Waals surface area contributed by atoms with Gasteiger partial charge >= 0.3 is 17.8 Å². The molecule has 1 N–H and O–H groups in total. The minimum absolute atomic E-state index is 0.0476. The topological polar surface area (TPSA) is 86.8 Å². The number of benzene rings is 1. The van der Waals surface area contributed by atoms with Crippen LogP contribution in [0.1, 0.15) is 12.8 Å². The molecular formula is C14H12ClN3O4. The van der Waals surface area contributed by atoms with Gasteiger partial charge in [0.2, 0.25) is 5.91 Å². The van der Waals surface area contributed by atoms with Crippen LogP contribution in [0.5, 0.6) is 0 Å². The molecule has 1 heterocycles. The van der Waals surface area contributed by atoms with E-state index in [1.165, 1.54) is 25.2 Å². The number of halogens is 1. The second-order valence-corrected chi connectivity index (χ2v) is 5.62. The summed E-state index contributed by atoms with van der Waals surface area (Å²) in [5.74, 6) is -1.89. The van der Waals surface area contributed by atoms with Crippen molar-refractivity contribution in [2.24, 2.45) is 5.92 Å². The fourth-order valence-corrected chi connectivity index (χ4v) is 2.40. The average Bonchev–Trinajstić information content (AvgIpc) is 3.29. The van der Waals surface area contributed by atoms with Crippen LogP contribution < -0.4 is 10.2 Å². The molecule has 0 unspecified atom stereocenters. The summed E-state index contributed by atoms with van der Waals surface area (Å²) in [6, 6.07) is 3.64. The number of likely N-dealkylation sites (N-methyl/N-ethyl adjacent to an activating group) is 1. The summed E-state index contributed by atoms with van der Waals surface area (Å²) in [7, 11) is 1.22. The van der Waals surface area contributed by atoms with Crippen molar-refractivity contribution in [1.82, 2.24) is 4.90 Å². The number of carbonyl (C=O) groups excluding carboxylic acids is 4. The molecule has 1 saturated carbocycles. The molecule has 3 rings (SSSR count). The van der Waals surface area contributed by atoms with Crippen LogP contribution in [0.3, 0.4) is 0 Å². The Kier molecular flexibility index (Phi) is 3.37. The van der Waals surface area contributed by atoms with Crippen molar-refractivity contribution >= 4 is 46.7 Å². The predicted molar refractivity (Wildman–Crippen MR) is 78.5 cm³/mol. The summed E-state index contributed by atoms with van der Waals surface area (Å²) < 4.78 is 0. The van der Waals surface area contributed by atoms with Gasteiger partial charge in [-0.15, -0.1) is 0 Å². The zero-order valence-corrected chi connectivity index (χ0v) is 12.4. The summed E-state index contributed by atoms with van der Waals surface area (Å²) in [5.41, 5.74) is 0.586. The molecule has 0 bridgehead atoms. The first-order valence-corrected chi connectivity index (χ1v) is 7.04. The monoisotopic (exact) mass is 321 g/mol. The number of rotatable bonds is 3. The lowest BCUT2D eigenvalue weighted by atomic mass is 10.2. The number of nitrogens with zero attached hydrogens (tertiary/aromatic N) is 2. The van der Waals surface area contributed by atoms with E-state index in [0.717, 1.165) is 22.6 Å². The van der Waals surface area contributed by atoms with Crippen LogP contribution in [-0.2, 0) is 14.4 Å². The molecule has 22 heavy (non-hydrogen) atoms. The molecule has 2 fully saturated rings. The van der Waals surface area contributed by atoms with Crippen LogP contribution in [0.2, 0.25) is 5.02 Å². The van der Waals surface area contributed by atoms with E-state index in [0.29, 0.717) is 5.69 Å².